The van der Waals surface area contributed by atoms with Crippen LogP contribution in [0.4, 0.5) is 5.82 Å². The summed E-state index contributed by atoms with van der Waals surface area (Å²) in [5.41, 5.74) is 3.33. The number of benzene rings is 1. The first-order chi connectivity index (χ1) is 10.7. The summed E-state index contributed by atoms with van der Waals surface area (Å²) in [5, 5.41) is 0. The van der Waals surface area contributed by atoms with Crippen molar-refractivity contribution < 1.29 is 4.74 Å². The van der Waals surface area contributed by atoms with Gasteiger partial charge in [0.1, 0.15) is 0 Å². The van der Waals surface area contributed by atoms with Gasteiger partial charge in [0.05, 0.1) is 24.1 Å². The average molecular weight is 297 g/mol. The van der Waals surface area contributed by atoms with E-state index in [2.05, 4.69) is 45.2 Å². The molecule has 1 saturated heterocycles. The Bertz CT molecular complexity index is 615. The fourth-order valence-corrected chi connectivity index (χ4v) is 2.88. The van der Waals surface area contributed by atoms with Gasteiger partial charge in [0.25, 0.3) is 0 Å². The SMILES string of the molecule is Cc1cnc(C)c(N2CCO[C@@H](CCc3ccccc3)C2)n1. The molecule has 1 aromatic carbocycles. The van der Waals surface area contributed by atoms with Crippen LogP contribution in [0.1, 0.15) is 23.4 Å². The maximum Gasteiger partial charge on any atom is 0.150 e. The third kappa shape index (κ3) is 3.63. The first-order valence-corrected chi connectivity index (χ1v) is 7.93. The molecule has 22 heavy (non-hydrogen) atoms. The van der Waals surface area contributed by atoms with E-state index in [1.807, 2.05) is 20.0 Å². The van der Waals surface area contributed by atoms with Crippen LogP contribution < -0.4 is 4.90 Å². The molecule has 2 heterocycles. The van der Waals surface area contributed by atoms with Gasteiger partial charge in [0.2, 0.25) is 0 Å². The molecule has 0 unspecified atom stereocenters. The predicted octanol–water partition coefficient (Wildman–Crippen LogP) is 2.93. The molecule has 0 spiro atoms. The molecule has 0 saturated carbocycles. The van der Waals surface area contributed by atoms with Gasteiger partial charge in [-0.3, -0.25) is 4.98 Å². The molecule has 1 fully saturated rings. The van der Waals surface area contributed by atoms with Crippen molar-refractivity contribution in [2.24, 2.45) is 0 Å². The zero-order chi connectivity index (χ0) is 15.4. The van der Waals surface area contributed by atoms with Crippen molar-refractivity contribution in [3.8, 4) is 0 Å². The Morgan fingerprint density at radius 1 is 1.23 bits per heavy atom. The van der Waals surface area contributed by atoms with E-state index < -0.39 is 0 Å². The van der Waals surface area contributed by atoms with E-state index in [0.717, 1.165) is 49.7 Å². The Kier molecular flexibility index (Phi) is 4.68. The lowest BCUT2D eigenvalue weighted by Gasteiger charge is -2.34. The fourth-order valence-electron chi connectivity index (χ4n) is 2.88. The highest BCUT2D eigenvalue weighted by atomic mass is 16.5. The van der Waals surface area contributed by atoms with Crippen molar-refractivity contribution >= 4 is 5.82 Å². The summed E-state index contributed by atoms with van der Waals surface area (Å²) < 4.78 is 5.93. The molecular formula is C18H23N3O. The van der Waals surface area contributed by atoms with Crippen LogP contribution in [0.15, 0.2) is 36.5 Å². The number of hydrogen-bond acceptors (Lipinski definition) is 4. The molecule has 3 rings (SSSR count). The van der Waals surface area contributed by atoms with E-state index >= 15 is 0 Å². The van der Waals surface area contributed by atoms with E-state index in [4.69, 9.17) is 4.74 Å². The van der Waals surface area contributed by atoms with Crippen molar-refractivity contribution in [1.29, 1.82) is 0 Å². The van der Waals surface area contributed by atoms with E-state index in [1.54, 1.807) is 0 Å². The van der Waals surface area contributed by atoms with Crippen LogP contribution in [0.2, 0.25) is 0 Å². The zero-order valence-electron chi connectivity index (χ0n) is 13.3. The summed E-state index contributed by atoms with van der Waals surface area (Å²) in [4.78, 5) is 11.4. The topological polar surface area (TPSA) is 38.2 Å². The monoisotopic (exact) mass is 297 g/mol. The van der Waals surface area contributed by atoms with Crippen LogP contribution in [-0.2, 0) is 11.2 Å². The first kappa shape index (κ1) is 15.0. The van der Waals surface area contributed by atoms with Gasteiger partial charge in [-0.2, -0.15) is 0 Å². The van der Waals surface area contributed by atoms with Gasteiger partial charge in [-0.05, 0) is 32.3 Å². The van der Waals surface area contributed by atoms with Crippen LogP contribution in [0, 0.1) is 13.8 Å². The van der Waals surface area contributed by atoms with Crippen molar-refractivity contribution in [2.75, 3.05) is 24.6 Å². The smallest absolute Gasteiger partial charge is 0.150 e. The lowest BCUT2D eigenvalue weighted by atomic mass is 10.1. The maximum absolute atomic E-state index is 5.93. The van der Waals surface area contributed by atoms with Crippen LogP contribution in [0.3, 0.4) is 0 Å². The minimum atomic E-state index is 0.260. The largest absolute Gasteiger partial charge is 0.375 e. The Hall–Kier alpha value is -1.94. The molecule has 0 aliphatic carbocycles. The Morgan fingerprint density at radius 3 is 2.86 bits per heavy atom. The summed E-state index contributed by atoms with van der Waals surface area (Å²) in [6.45, 7) is 6.56. The molecule has 4 heteroatoms. The minimum Gasteiger partial charge on any atom is -0.375 e. The highest BCUT2D eigenvalue weighted by Crippen LogP contribution is 2.20. The lowest BCUT2D eigenvalue weighted by Crippen LogP contribution is -2.43. The second-order valence-corrected chi connectivity index (χ2v) is 5.88. The maximum atomic E-state index is 5.93. The van der Waals surface area contributed by atoms with Crippen molar-refractivity contribution in [3.05, 3.63) is 53.5 Å². The predicted molar refractivity (Wildman–Crippen MR) is 88.2 cm³/mol. The normalized spacial score (nSPS) is 18.5. The average Bonchev–Trinajstić information content (AvgIpc) is 2.56. The number of hydrogen-bond donors (Lipinski definition) is 0. The van der Waals surface area contributed by atoms with Crippen molar-refractivity contribution in [2.45, 2.75) is 32.8 Å². The molecule has 2 aromatic rings. The molecule has 0 amide bonds. The lowest BCUT2D eigenvalue weighted by molar-refractivity contribution is 0.0351. The van der Waals surface area contributed by atoms with Gasteiger partial charge in [0, 0.05) is 19.3 Å². The van der Waals surface area contributed by atoms with E-state index in [9.17, 15) is 0 Å². The molecule has 1 aliphatic rings. The second kappa shape index (κ2) is 6.88. The zero-order valence-corrected chi connectivity index (χ0v) is 13.3. The Morgan fingerprint density at radius 2 is 2.05 bits per heavy atom. The molecule has 4 nitrogen and oxygen atoms in total. The highest BCUT2D eigenvalue weighted by Gasteiger charge is 2.22. The summed E-state index contributed by atoms with van der Waals surface area (Å²) in [6.07, 6.45) is 4.18. The van der Waals surface area contributed by atoms with Gasteiger partial charge in [-0.1, -0.05) is 30.3 Å². The molecule has 0 radical (unpaired) electrons. The molecule has 1 atom stereocenters. The third-order valence-electron chi connectivity index (χ3n) is 4.09. The standard InChI is InChI=1S/C18H23N3O/c1-14-12-19-15(2)18(20-14)21-10-11-22-17(13-21)9-8-16-6-4-3-5-7-16/h3-7,12,17H,8-11,13H2,1-2H3/t17-/m0/s1. The van der Waals surface area contributed by atoms with E-state index in [-0.39, 0.29) is 6.10 Å². The summed E-state index contributed by atoms with van der Waals surface area (Å²) in [5.74, 6) is 1.01. The van der Waals surface area contributed by atoms with Crippen LogP contribution in [0.25, 0.3) is 0 Å². The number of rotatable bonds is 4. The fraction of sp³-hybridized carbons (Fsp3) is 0.444. The van der Waals surface area contributed by atoms with Gasteiger partial charge in [-0.25, -0.2) is 4.98 Å². The number of anilines is 1. The van der Waals surface area contributed by atoms with Gasteiger partial charge in [-0.15, -0.1) is 0 Å². The van der Waals surface area contributed by atoms with Crippen molar-refractivity contribution in [3.63, 3.8) is 0 Å². The van der Waals surface area contributed by atoms with Crippen LogP contribution in [0.5, 0.6) is 0 Å². The van der Waals surface area contributed by atoms with Crippen molar-refractivity contribution in [1.82, 2.24) is 9.97 Å². The third-order valence-corrected chi connectivity index (χ3v) is 4.09. The summed E-state index contributed by atoms with van der Waals surface area (Å²) in [7, 11) is 0. The number of ether oxygens (including phenoxy) is 1. The van der Waals surface area contributed by atoms with Gasteiger partial charge >= 0.3 is 0 Å². The molecular weight excluding hydrogens is 274 g/mol. The molecule has 0 N–H and O–H groups in total. The Labute approximate surface area is 132 Å². The van der Waals surface area contributed by atoms with Gasteiger partial charge < -0.3 is 9.64 Å². The van der Waals surface area contributed by atoms with E-state index in [0.29, 0.717) is 0 Å². The number of morpholine rings is 1. The molecule has 0 bridgehead atoms. The number of aryl methyl sites for hydroxylation is 3. The summed E-state index contributed by atoms with van der Waals surface area (Å²) >= 11 is 0. The quantitative estimate of drug-likeness (QED) is 0.869. The van der Waals surface area contributed by atoms with E-state index in [1.165, 1.54) is 5.56 Å². The number of aromatic nitrogens is 2. The molecule has 1 aromatic heterocycles. The minimum absolute atomic E-state index is 0.260. The van der Waals surface area contributed by atoms with Crippen LogP contribution in [-0.4, -0.2) is 35.8 Å². The highest BCUT2D eigenvalue weighted by molar-refractivity contribution is 5.43. The second-order valence-electron chi connectivity index (χ2n) is 5.88. The summed E-state index contributed by atoms with van der Waals surface area (Å²) in [6, 6.07) is 10.6. The molecule has 1 aliphatic heterocycles. The first-order valence-electron chi connectivity index (χ1n) is 7.93. The Balaban J connectivity index is 1.63. The molecule has 116 valence electrons. The van der Waals surface area contributed by atoms with Crippen LogP contribution >= 0.6 is 0 Å². The number of nitrogens with zero attached hydrogens (tertiary/aromatic N) is 3. The van der Waals surface area contributed by atoms with Gasteiger partial charge in [0.15, 0.2) is 5.82 Å².